The van der Waals surface area contributed by atoms with Gasteiger partial charge in [0.25, 0.3) is 0 Å². The molecule has 4 nitrogen and oxygen atoms in total. The Morgan fingerprint density at radius 3 is 2.24 bits per heavy atom. The number of halogens is 1. The smallest absolute Gasteiger partial charge is 0.322 e. The van der Waals surface area contributed by atoms with Gasteiger partial charge in [-0.25, -0.2) is 0 Å². The van der Waals surface area contributed by atoms with Crippen molar-refractivity contribution < 1.29 is 19.1 Å². The van der Waals surface area contributed by atoms with Gasteiger partial charge in [-0.3, -0.25) is 4.79 Å². The molecule has 0 aromatic carbocycles. The van der Waals surface area contributed by atoms with E-state index in [2.05, 4.69) is 54.5 Å². The van der Waals surface area contributed by atoms with Gasteiger partial charge in [0.05, 0.1) is 19.8 Å². The molecule has 6 heteroatoms. The summed E-state index contributed by atoms with van der Waals surface area (Å²) in [5, 5.41) is 9.88. The molecule has 0 bridgehead atoms. The summed E-state index contributed by atoms with van der Waals surface area (Å²) < 4.78 is 10.4. The summed E-state index contributed by atoms with van der Waals surface area (Å²) in [6.07, 6.45) is -0.892. The van der Waals surface area contributed by atoms with E-state index in [4.69, 9.17) is 4.43 Å². The van der Waals surface area contributed by atoms with E-state index >= 15 is 0 Å². The fourth-order valence-corrected chi connectivity index (χ4v) is 2.22. The van der Waals surface area contributed by atoms with E-state index in [1.54, 1.807) is 0 Å². The normalized spacial score (nSPS) is 16.5. The van der Waals surface area contributed by atoms with Crippen LogP contribution in [0.4, 0.5) is 0 Å². The molecule has 0 aliphatic rings. The maximum Gasteiger partial charge on any atom is 0.322 e. The van der Waals surface area contributed by atoms with Gasteiger partial charge < -0.3 is 14.3 Å². The first-order valence-electron chi connectivity index (χ1n) is 5.57. The van der Waals surface area contributed by atoms with Gasteiger partial charge in [0.15, 0.2) is 8.32 Å². The number of methoxy groups -OCH3 is 1. The highest BCUT2D eigenvalue weighted by Crippen LogP contribution is 2.36. The molecule has 0 saturated carbocycles. The number of rotatable bonds is 5. The third-order valence-electron chi connectivity index (χ3n) is 3.19. The van der Waals surface area contributed by atoms with Crippen molar-refractivity contribution in [3.63, 3.8) is 0 Å². The standard InChI is InChI=1S/C11H23BrO4Si/c1-11(2,3)17(5,6)16-7-8(13)9(12)10(14)15-4/h8-9,13H,7H2,1-6H3/t8-,9-/m1/s1. The molecule has 0 saturated heterocycles. The zero-order valence-electron chi connectivity index (χ0n) is 11.4. The van der Waals surface area contributed by atoms with Crippen LogP contribution >= 0.6 is 15.9 Å². The third-order valence-corrected chi connectivity index (χ3v) is 8.67. The lowest BCUT2D eigenvalue weighted by molar-refractivity contribution is -0.142. The number of alkyl halides is 1. The number of aliphatic hydroxyl groups is 1. The van der Waals surface area contributed by atoms with Crippen LogP contribution < -0.4 is 0 Å². The summed E-state index contributed by atoms with van der Waals surface area (Å²) in [6.45, 7) is 10.7. The highest BCUT2D eigenvalue weighted by molar-refractivity contribution is 9.10. The number of hydrogen-bond donors (Lipinski definition) is 1. The molecule has 0 spiro atoms. The van der Waals surface area contributed by atoms with Crippen molar-refractivity contribution in [2.75, 3.05) is 13.7 Å². The summed E-state index contributed by atoms with van der Waals surface area (Å²) in [6, 6.07) is 0. The van der Waals surface area contributed by atoms with E-state index in [0.717, 1.165) is 0 Å². The van der Waals surface area contributed by atoms with Crippen molar-refractivity contribution in [2.24, 2.45) is 0 Å². The zero-order chi connectivity index (χ0) is 13.9. The van der Waals surface area contributed by atoms with Gasteiger partial charge in [-0.1, -0.05) is 36.7 Å². The van der Waals surface area contributed by atoms with Crippen LogP contribution in [0.15, 0.2) is 0 Å². The monoisotopic (exact) mass is 326 g/mol. The van der Waals surface area contributed by atoms with Crippen molar-refractivity contribution in [3.8, 4) is 0 Å². The molecular formula is C11H23BrO4Si. The van der Waals surface area contributed by atoms with Gasteiger partial charge in [0.1, 0.15) is 4.83 Å². The van der Waals surface area contributed by atoms with Gasteiger partial charge >= 0.3 is 5.97 Å². The zero-order valence-corrected chi connectivity index (χ0v) is 14.0. The van der Waals surface area contributed by atoms with E-state index in [9.17, 15) is 9.90 Å². The van der Waals surface area contributed by atoms with Crippen LogP contribution in [-0.4, -0.2) is 44.0 Å². The Kier molecular flexibility index (Phi) is 6.34. The van der Waals surface area contributed by atoms with Gasteiger partial charge in [0.2, 0.25) is 0 Å². The van der Waals surface area contributed by atoms with E-state index in [-0.39, 0.29) is 11.6 Å². The van der Waals surface area contributed by atoms with Crippen LogP contribution in [0.25, 0.3) is 0 Å². The lowest BCUT2D eigenvalue weighted by Crippen LogP contribution is -2.44. The molecule has 0 heterocycles. The molecule has 17 heavy (non-hydrogen) atoms. The van der Waals surface area contributed by atoms with Crippen molar-refractivity contribution in [3.05, 3.63) is 0 Å². The Labute approximate surface area is 113 Å². The van der Waals surface area contributed by atoms with Crippen LogP contribution in [0, 0.1) is 0 Å². The van der Waals surface area contributed by atoms with E-state index in [1.165, 1.54) is 7.11 Å². The van der Waals surface area contributed by atoms with Crippen molar-refractivity contribution in [2.45, 2.75) is 49.8 Å². The van der Waals surface area contributed by atoms with Crippen molar-refractivity contribution >= 4 is 30.2 Å². The molecule has 1 N–H and O–H groups in total. The molecule has 2 atom stereocenters. The molecule has 0 rings (SSSR count). The summed E-state index contributed by atoms with van der Waals surface area (Å²) >= 11 is 3.10. The van der Waals surface area contributed by atoms with Crippen LogP contribution in [0.3, 0.4) is 0 Å². The minimum atomic E-state index is -1.89. The Hall–Kier alpha value is 0.0869. The second kappa shape index (κ2) is 6.31. The summed E-state index contributed by atoms with van der Waals surface area (Å²) in [5.41, 5.74) is 0. The first-order chi connectivity index (χ1) is 7.53. The van der Waals surface area contributed by atoms with Crippen LogP contribution in [0.1, 0.15) is 20.8 Å². The highest BCUT2D eigenvalue weighted by Gasteiger charge is 2.38. The maximum atomic E-state index is 11.2. The average molecular weight is 327 g/mol. The van der Waals surface area contributed by atoms with Crippen molar-refractivity contribution in [1.29, 1.82) is 0 Å². The fraction of sp³-hybridized carbons (Fsp3) is 0.909. The molecule has 0 amide bonds. The van der Waals surface area contributed by atoms with Crippen molar-refractivity contribution in [1.82, 2.24) is 0 Å². The quantitative estimate of drug-likeness (QED) is 0.478. The first kappa shape index (κ1) is 17.1. The van der Waals surface area contributed by atoms with Crippen LogP contribution in [0.2, 0.25) is 18.1 Å². The molecule has 0 aromatic heterocycles. The maximum absolute atomic E-state index is 11.2. The highest BCUT2D eigenvalue weighted by atomic mass is 79.9. The second-order valence-electron chi connectivity index (χ2n) is 5.56. The molecule has 102 valence electrons. The first-order valence-corrected chi connectivity index (χ1v) is 9.39. The van der Waals surface area contributed by atoms with Gasteiger partial charge in [-0.15, -0.1) is 0 Å². The summed E-state index contributed by atoms with van der Waals surface area (Å²) in [7, 11) is -0.602. The number of ether oxygens (including phenoxy) is 1. The predicted molar refractivity (Wildman–Crippen MR) is 73.9 cm³/mol. The Bertz CT molecular complexity index is 263. The topological polar surface area (TPSA) is 55.8 Å². The van der Waals surface area contributed by atoms with Crippen LogP contribution in [-0.2, 0) is 14.0 Å². The molecule has 0 fully saturated rings. The third kappa shape index (κ3) is 5.07. The fourth-order valence-electron chi connectivity index (χ4n) is 0.864. The SMILES string of the molecule is COC(=O)[C@H](Br)[C@H](O)CO[Si](C)(C)C(C)(C)C. The number of carbonyl (C=O) groups is 1. The Balaban J connectivity index is 4.34. The Morgan fingerprint density at radius 1 is 1.41 bits per heavy atom. The number of esters is 1. The van der Waals surface area contributed by atoms with Gasteiger partial charge in [0, 0.05) is 0 Å². The molecule has 0 radical (unpaired) electrons. The second-order valence-corrected chi connectivity index (χ2v) is 11.4. The summed E-state index contributed by atoms with van der Waals surface area (Å²) in [4.78, 5) is 10.5. The molecule has 0 unspecified atom stereocenters. The van der Waals surface area contributed by atoms with Gasteiger partial charge in [-0.2, -0.15) is 0 Å². The minimum absolute atomic E-state index is 0.0831. The summed E-state index contributed by atoms with van der Waals surface area (Å²) in [5.74, 6) is -0.490. The van der Waals surface area contributed by atoms with Gasteiger partial charge in [-0.05, 0) is 18.1 Å². The Morgan fingerprint density at radius 2 is 1.88 bits per heavy atom. The number of hydrogen-bond acceptors (Lipinski definition) is 4. The largest absolute Gasteiger partial charge is 0.468 e. The lowest BCUT2D eigenvalue weighted by atomic mass is 10.2. The number of aliphatic hydroxyl groups excluding tert-OH is 1. The predicted octanol–water partition coefficient (Wildman–Crippen LogP) is 2.31. The van der Waals surface area contributed by atoms with Crippen LogP contribution in [0.5, 0.6) is 0 Å². The lowest BCUT2D eigenvalue weighted by Gasteiger charge is -2.37. The van der Waals surface area contributed by atoms with E-state index < -0.39 is 25.2 Å². The molecular weight excluding hydrogens is 304 g/mol. The van der Waals surface area contributed by atoms with E-state index in [0.29, 0.717) is 0 Å². The minimum Gasteiger partial charge on any atom is -0.468 e. The molecule has 0 aliphatic heterocycles. The number of carbonyl (C=O) groups excluding carboxylic acids is 1. The molecule has 0 aliphatic carbocycles. The average Bonchev–Trinajstić information content (AvgIpc) is 2.22. The van der Waals surface area contributed by atoms with E-state index in [1.807, 2.05) is 0 Å². The molecule has 0 aromatic rings.